The number of hydrogen-bond acceptors (Lipinski definition) is 4. The zero-order valence-electron chi connectivity index (χ0n) is 9.62. The third-order valence-corrected chi connectivity index (χ3v) is 2.97. The molecule has 2 rings (SSSR count). The first-order valence-corrected chi connectivity index (χ1v) is 5.36. The number of rotatable bonds is 3. The molecule has 2 N–H and O–H groups in total. The predicted octanol–water partition coefficient (Wildman–Crippen LogP) is 0.710. The lowest BCUT2D eigenvalue weighted by atomic mass is 9.95. The van der Waals surface area contributed by atoms with Crippen LogP contribution in [0.1, 0.15) is 11.1 Å². The molecule has 0 spiro atoms. The van der Waals surface area contributed by atoms with E-state index in [1.54, 1.807) is 14.2 Å². The van der Waals surface area contributed by atoms with E-state index in [1.807, 2.05) is 12.1 Å². The Bertz CT molecular complexity index is 379. The van der Waals surface area contributed by atoms with E-state index in [0.29, 0.717) is 0 Å². The van der Waals surface area contributed by atoms with E-state index in [9.17, 15) is 0 Å². The summed E-state index contributed by atoms with van der Waals surface area (Å²) in [6, 6.07) is 4.14. The standard InChI is InChI=1S/C12H17NO3/c1-15-11-4-8-3-10(7-14)13-6-9(8)5-12(11)16-2/h4-5,10,13-14H,3,6-7H2,1-2H3. The van der Waals surface area contributed by atoms with E-state index in [1.165, 1.54) is 11.1 Å². The second-order valence-electron chi connectivity index (χ2n) is 3.94. The molecule has 1 aromatic carbocycles. The summed E-state index contributed by atoms with van der Waals surface area (Å²) in [5, 5.41) is 12.4. The number of aliphatic hydroxyl groups excluding tert-OH is 1. The number of aliphatic hydroxyl groups is 1. The van der Waals surface area contributed by atoms with Crippen molar-refractivity contribution in [3.05, 3.63) is 23.3 Å². The summed E-state index contributed by atoms with van der Waals surface area (Å²) in [5.41, 5.74) is 2.43. The minimum atomic E-state index is 0.144. The van der Waals surface area contributed by atoms with Crippen LogP contribution in [0.2, 0.25) is 0 Å². The smallest absolute Gasteiger partial charge is 0.161 e. The third-order valence-electron chi connectivity index (χ3n) is 2.97. The molecular formula is C12H17NO3. The van der Waals surface area contributed by atoms with Gasteiger partial charge < -0.3 is 19.9 Å². The lowest BCUT2D eigenvalue weighted by Gasteiger charge is -2.25. The van der Waals surface area contributed by atoms with Crippen LogP contribution in [0.3, 0.4) is 0 Å². The van der Waals surface area contributed by atoms with Gasteiger partial charge in [0, 0.05) is 12.6 Å². The number of hydrogen-bond donors (Lipinski definition) is 2. The molecule has 4 nitrogen and oxygen atoms in total. The number of methoxy groups -OCH3 is 2. The molecule has 0 radical (unpaired) electrons. The quantitative estimate of drug-likeness (QED) is 0.792. The first-order chi connectivity index (χ1) is 7.78. The van der Waals surface area contributed by atoms with Gasteiger partial charge in [-0.3, -0.25) is 0 Å². The fraction of sp³-hybridized carbons (Fsp3) is 0.500. The zero-order valence-corrected chi connectivity index (χ0v) is 9.62. The van der Waals surface area contributed by atoms with Crippen LogP contribution in [0.25, 0.3) is 0 Å². The van der Waals surface area contributed by atoms with E-state index in [4.69, 9.17) is 14.6 Å². The van der Waals surface area contributed by atoms with Gasteiger partial charge in [-0.25, -0.2) is 0 Å². The highest BCUT2D eigenvalue weighted by Crippen LogP contribution is 2.32. The molecule has 0 fully saturated rings. The van der Waals surface area contributed by atoms with Crippen molar-refractivity contribution in [1.29, 1.82) is 0 Å². The molecule has 88 valence electrons. The molecule has 0 saturated carbocycles. The van der Waals surface area contributed by atoms with Crippen molar-refractivity contribution in [2.45, 2.75) is 19.0 Å². The van der Waals surface area contributed by atoms with Crippen LogP contribution in [0.5, 0.6) is 11.5 Å². The molecule has 4 heteroatoms. The van der Waals surface area contributed by atoms with Gasteiger partial charge in [0.1, 0.15) is 0 Å². The van der Waals surface area contributed by atoms with Crippen LogP contribution in [-0.2, 0) is 13.0 Å². The fourth-order valence-corrected chi connectivity index (χ4v) is 2.04. The fourth-order valence-electron chi connectivity index (χ4n) is 2.04. The highest BCUT2D eigenvalue weighted by atomic mass is 16.5. The second kappa shape index (κ2) is 4.72. The number of benzene rings is 1. The van der Waals surface area contributed by atoms with Crippen LogP contribution in [0.15, 0.2) is 12.1 Å². The molecule has 1 heterocycles. The van der Waals surface area contributed by atoms with Gasteiger partial charge in [0.25, 0.3) is 0 Å². The minimum absolute atomic E-state index is 0.144. The first-order valence-electron chi connectivity index (χ1n) is 5.36. The largest absolute Gasteiger partial charge is 0.493 e. The highest BCUT2D eigenvalue weighted by Gasteiger charge is 2.19. The van der Waals surface area contributed by atoms with Crippen molar-refractivity contribution in [1.82, 2.24) is 5.32 Å². The van der Waals surface area contributed by atoms with Crippen LogP contribution < -0.4 is 14.8 Å². The Hall–Kier alpha value is -1.26. The Morgan fingerprint density at radius 2 is 1.88 bits per heavy atom. The summed E-state index contributed by atoms with van der Waals surface area (Å²) in [6.07, 6.45) is 0.826. The summed E-state index contributed by atoms with van der Waals surface area (Å²) in [4.78, 5) is 0. The van der Waals surface area contributed by atoms with Crippen molar-refractivity contribution >= 4 is 0 Å². The molecular weight excluding hydrogens is 206 g/mol. The van der Waals surface area contributed by atoms with Crippen LogP contribution in [-0.4, -0.2) is 32.0 Å². The molecule has 0 amide bonds. The van der Waals surface area contributed by atoms with Gasteiger partial charge in [0.15, 0.2) is 11.5 Å². The molecule has 1 aliphatic rings. The predicted molar refractivity (Wildman–Crippen MR) is 61.0 cm³/mol. The second-order valence-corrected chi connectivity index (χ2v) is 3.94. The molecule has 1 atom stereocenters. The van der Waals surface area contributed by atoms with E-state index in [2.05, 4.69) is 5.32 Å². The molecule has 1 aromatic rings. The molecule has 0 aliphatic carbocycles. The SMILES string of the molecule is COc1cc2c(cc1OC)CC(CO)NC2. The maximum Gasteiger partial charge on any atom is 0.161 e. The normalized spacial score (nSPS) is 19.1. The van der Waals surface area contributed by atoms with Gasteiger partial charge in [-0.05, 0) is 29.7 Å². The average Bonchev–Trinajstić information content (AvgIpc) is 2.36. The molecule has 0 bridgehead atoms. The topological polar surface area (TPSA) is 50.7 Å². The number of ether oxygens (including phenoxy) is 2. The zero-order chi connectivity index (χ0) is 11.5. The molecule has 1 unspecified atom stereocenters. The van der Waals surface area contributed by atoms with Gasteiger partial charge in [-0.2, -0.15) is 0 Å². The van der Waals surface area contributed by atoms with Crippen molar-refractivity contribution in [2.24, 2.45) is 0 Å². The van der Waals surface area contributed by atoms with Crippen molar-refractivity contribution in [3.8, 4) is 11.5 Å². The Labute approximate surface area is 95.2 Å². The molecule has 0 aromatic heterocycles. The van der Waals surface area contributed by atoms with Gasteiger partial charge in [0.2, 0.25) is 0 Å². The summed E-state index contributed by atoms with van der Waals surface area (Å²) in [7, 11) is 3.27. The van der Waals surface area contributed by atoms with Gasteiger partial charge in [-0.1, -0.05) is 0 Å². The average molecular weight is 223 g/mol. The van der Waals surface area contributed by atoms with E-state index < -0.39 is 0 Å². The Balaban J connectivity index is 2.34. The van der Waals surface area contributed by atoms with E-state index in [0.717, 1.165) is 24.5 Å². The van der Waals surface area contributed by atoms with E-state index in [-0.39, 0.29) is 12.6 Å². The highest BCUT2D eigenvalue weighted by molar-refractivity contribution is 5.48. The Morgan fingerprint density at radius 1 is 1.25 bits per heavy atom. The third kappa shape index (κ3) is 1.99. The van der Waals surface area contributed by atoms with Crippen molar-refractivity contribution in [2.75, 3.05) is 20.8 Å². The molecule has 0 saturated heterocycles. The number of nitrogens with one attached hydrogen (secondary N) is 1. The number of fused-ring (bicyclic) bond motifs is 1. The van der Waals surface area contributed by atoms with Crippen LogP contribution >= 0.6 is 0 Å². The van der Waals surface area contributed by atoms with Gasteiger partial charge in [-0.15, -0.1) is 0 Å². The maximum atomic E-state index is 9.13. The monoisotopic (exact) mass is 223 g/mol. The molecule has 16 heavy (non-hydrogen) atoms. The Morgan fingerprint density at radius 3 is 2.44 bits per heavy atom. The van der Waals surface area contributed by atoms with Crippen molar-refractivity contribution in [3.63, 3.8) is 0 Å². The maximum absolute atomic E-state index is 9.13. The van der Waals surface area contributed by atoms with Crippen LogP contribution in [0, 0.1) is 0 Å². The summed E-state index contributed by atoms with van der Waals surface area (Å²) < 4.78 is 10.5. The van der Waals surface area contributed by atoms with Crippen LogP contribution in [0.4, 0.5) is 0 Å². The summed E-state index contributed by atoms with van der Waals surface area (Å²) >= 11 is 0. The summed E-state index contributed by atoms with van der Waals surface area (Å²) in [6.45, 7) is 0.925. The lowest BCUT2D eigenvalue weighted by Crippen LogP contribution is -2.38. The summed E-state index contributed by atoms with van der Waals surface area (Å²) in [5.74, 6) is 1.50. The van der Waals surface area contributed by atoms with Gasteiger partial charge in [0.05, 0.1) is 20.8 Å². The molecule has 1 aliphatic heterocycles. The van der Waals surface area contributed by atoms with E-state index >= 15 is 0 Å². The first kappa shape index (κ1) is 11.2. The van der Waals surface area contributed by atoms with Crippen molar-refractivity contribution < 1.29 is 14.6 Å². The lowest BCUT2D eigenvalue weighted by molar-refractivity contribution is 0.235. The van der Waals surface area contributed by atoms with Gasteiger partial charge >= 0.3 is 0 Å². The Kier molecular flexibility index (Phi) is 3.31. The minimum Gasteiger partial charge on any atom is -0.493 e.